The Morgan fingerprint density at radius 3 is 1.85 bits per heavy atom. The number of rotatable bonds is 7. The summed E-state index contributed by atoms with van der Waals surface area (Å²) in [5.74, 6) is -14.6. The summed E-state index contributed by atoms with van der Waals surface area (Å²) in [4.78, 5) is 0.0351. The van der Waals surface area contributed by atoms with Crippen LogP contribution in [0.4, 0.5) is 39.5 Å². The van der Waals surface area contributed by atoms with Crippen LogP contribution in [0.2, 0.25) is 0 Å². The SMILES string of the molecule is COc1ccc2cc(S3(OS(=O)(=O)C(F)(F)C(F)(F)C(F)(F)C(F)(F)F)CCCC3)ccc2c1. The van der Waals surface area contributed by atoms with Gasteiger partial charge in [0.15, 0.2) is 0 Å². The summed E-state index contributed by atoms with van der Waals surface area (Å²) in [5.41, 5.74) is 0. The monoisotopic (exact) mass is 544 g/mol. The second-order valence-corrected chi connectivity index (χ2v) is 12.4. The van der Waals surface area contributed by atoms with Crippen LogP contribution in [0.5, 0.6) is 5.75 Å². The van der Waals surface area contributed by atoms with Crippen molar-refractivity contribution in [3.8, 4) is 5.75 Å². The van der Waals surface area contributed by atoms with Gasteiger partial charge in [-0.15, -0.1) is 0 Å². The summed E-state index contributed by atoms with van der Waals surface area (Å²) < 4.78 is 154. The molecular weight excluding hydrogens is 527 g/mol. The highest BCUT2D eigenvalue weighted by Gasteiger charge is 2.86. The quantitative estimate of drug-likeness (QED) is 0.374. The van der Waals surface area contributed by atoms with Crippen molar-refractivity contribution in [3.63, 3.8) is 0 Å². The predicted molar refractivity (Wildman–Crippen MR) is 106 cm³/mol. The number of hydrogen-bond acceptors (Lipinski definition) is 4. The summed E-state index contributed by atoms with van der Waals surface area (Å²) in [5, 5.41) is -5.83. The van der Waals surface area contributed by atoms with Crippen molar-refractivity contribution in [2.24, 2.45) is 0 Å². The van der Waals surface area contributed by atoms with E-state index in [0.717, 1.165) is 0 Å². The van der Waals surface area contributed by atoms with Crippen LogP contribution in [0.15, 0.2) is 41.3 Å². The average molecular weight is 544 g/mol. The molecular formula is C19H17F9O4S2. The highest BCUT2D eigenvalue weighted by molar-refractivity contribution is 8.33. The lowest BCUT2D eigenvalue weighted by atomic mass is 10.1. The molecule has 0 spiro atoms. The lowest BCUT2D eigenvalue weighted by Crippen LogP contribution is -2.63. The number of benzene rings is 2. The fourth-order valence-corrected chi connectivity index (χ4v) is 9.10. The molecule has 0 bridgehead atoms. The first kappa shape index (κ1) is 26.7. The van der Waals surface area contributed by atoms with Gasteiger partial charge in [-0.3, -0.25) is 0 Å². The zero-order valence-corrected chi connectivity index (χ0v) is 18.8. The summed E-state index contributed by atoms with van der Waals surface area (Å²) >= 11 is 0. The first-order valence-corrected chi connectivity index (χ1v) is 12.7. The highest BCUT2D eigenvalue weighted by Crippen LogP contribution is 2.65. The molecule has 0 N–H and O–H groups in total. The molecule has 2 aromatic carbocycles. The maximum atomic E-state index is 14.2. The van der Waals surface area contributed by atoms with Gasteiger partial charge in [0.2, 0.25) is 0 Å². The minimum absolute atomic E-state index is 0.0351. The summed E-state index contributed by atoms with van der Waals surface area (Å²) in [6.45, 7) is 0. The van der Waals surface area contributed by atoms with Crippen molar-refractivity contribution in [3.05, 3.63) is 36.4 Å². The van der Waals surface area contributed by atoms with Crippen LogP contribution in [0.3, 0.4) is 0 Å². The van der Waals surface area contributed by atoms with Gasteiger partial charge in [-0.2, -0.15) is 47.9 Å². The molecule has 2 aromatic rings. The number of hydrogen-bond donors (Lipinski definition) is 0. The van der Waals surface area contributed by atoms with Crippen molar-refractivity contribution in [1.29, 1.82) is 0 Å². The molecule has 0 aliphatic carbocycles. The third kappa shape index (κ3) is 4.08. The molecule has 0 radical (unpaired) electrons. The minimum atomic E-state index is -7.35. The van der Waals surface area contributed by atoms with Gasteiger partial charge in [0, 0.05) is 16.4 Å². The van der Waals surface area contributed by atoms with Crippen molar-refractivity contribution >= 4 is 31.2 Å². The van der Waals surface area contributed by atoms with E-state index in [4.69, 9.17) is 4.74 Å². The van der Waals surface area contributed by atoms with E-state index in [1.165, 1.54) is 31.4 Å². The lowest BCUT2D eigenvalue weighted by molar-refractivity contribution is -0.382. The van der Waals surface area contributed by atoms with Gasteiger partial charge in [-0.25, -0.2) is 3.63 Å². The standard InChI is InChI=1S/C19H17F9O4S2/c1-31-14-6-4-13-11-15(7-5-12(13)10-14)33(8-2-3-9-33)32-34(29,30)19(27,28)17(22,23)16(20,21)18(24,25)26/h4-7,10-11H,2-3,8-9H2,1H3. The fraction of sp³-hybridized carbons (Fsp3) is 0.474. The van der Waals surface area contributed by atoms with E-state index < -0.39 is 43.7 Å². The van der Waals surface area contributed by atoms with Crippen LogP contribution in [-0.4, -0.2) is 50.3 Å². The Hall–Kier alpha value is -1.87. The molecule has 1 aliphatic rings. The zero-order valence-electron chi connectivity index (χ0n) is 17.1. The van der Waals surface area contributed by atoms with Gasteiger partial charge >= 0.3 is 33.4 Å². The molecule has 4 nitrogen and oxygen atoms in total. The molecule has 3 rings (SSSR count). The highest BCUT2D eigenvalue weighted by atomic mass is 32.3. The molecule has 1 saturated heterocycles. The Labute approximate surface area is 189 Å². The van der Waals surface area contributed by atoms with E-state index in [1.807, 2.05) is 0 Å². The van der Waals surface area contributed by atoms with Gasteiger partial charge in [0.25, 0.3) is 0 Å². The normalized spacial score (nSPS) is 18.8. The first-order chi connectivity index (χ1) is 15.4. The number of ether oxygens (including phenoxy) is 1. The smallest absolute Gasteiger partial charge is 0.460 e. The van der Waals surface area contributed by atoms with Gasteiger partial charge in [-0.1, -0.05) is 22.4 Å². The van der Waals surface area contributed by atoms with Gasteiger partial charge in [0.05, 0.1) is 7.11 Å². The number of alkyl halides is 9. The van der Waals surface area contributed by atoms with Gasteiger partial charge in [0.1, 0.15) is 5.75 Å². The Morgan fingerprint density at radius 1 is 0.794 bits per heavy atom. The Kier molecular flexibility index (Phi) is 6.57. The minimum Gasteiger partial charge on any atom is -0.497 e. The van der Waals surface area contributed by atoms with E-state index >= 15 is 0 Å². The maximum Gasteiger partial charge on any atom is 0.460 e. The van der Waals surface area contributed by atoms with Crippen LogP contribution in [0.1, 0.15) is 12.8 Å². The molecule has 1 heterocycles. The van der Waals surface area contributed by atoms with E-state index in [1.54, 1.807) is 12.1 Å². The molecule has 0 saturated carbocycles. The van der Waals surface area contributed by atoms with E-state index in [9.17, 15) is 47.9 Å². The van der Waals surface area contributed by atoms with Crippen molar-refractivity contribution in [2.75, 3.05) is 18.6 Å². The Morgan fingerprint density at radius 2 is 1.32 bits per heavy atom. The maximum absolute atomic E-state index is 14.2. The second-order valence-electron chi connectivity index (χ2n) is 7.49. The number of fused-ring (bicyclic) bond motifs is 1. The van der Waals surface area contributed by atoms with Crippen LogP contribution in [0.25, 0.3) is 10.8 Å². The van der Waals surface area contributed by atoms with Crippen LogP contribution in [-0.2, 0) is 13.7 Å². The molecule has 192 valence electrons. The third-order valence-corrected chi connectivity index (χ3v) is 10.9. The van der Waals surface area contributed by atoms with Gasteiger partial charge in [-0.05, 0) is 47.9 Å². The third-order valence-electron chi connectivity index (χ3n) is 5.30. The molecule has 0 amide bonds. The summed E-state index contributed by atoms with van der Waals surface area (Å²) in [7, 11) is -8.84. The lowest BCUT2D eigenvalue weighted by Gasteiger charge is -2.38. The van der Waals surface area contributed by atoms with Crippen molar-refractivity contribution < 1.29 is 56.3 Å². The predicted octanol–water partition coefficient (Wildman–Crippen LogP) is 6.49. The van der Waals surface area contributed by atoms with E-state index in [-0.39, 0.29) is 29.2 Å². The molecule has 0 atom stereocenters. The Bertz CT molecular complexity index is 1170. The number of methoxy groups -OCH3 is 1. The fourth-order valence-electron chi connectivity index (χ4n) is 3.41. The van der Waals surface area contributed by atoms with Crippen LogP contribution < -0.4 is 4.74 Å². The molecule has 0 unspecified atom stereocenters. The van der Waals surface area contributed by atoms with Gasteiger partial charge < -0.3 is 4.74 Å². The average Bonchev–Trinajstić information content (AvgIpc) is 3.20. The largest absolute Gasteiger partial charge is 0.497 e. The molecule has 34 heavy (non-hydrogen) atoms. The zero-order chi connectivity index (χ0) is 25.8. The van der Waals surface area contributed by atoms with Crippen LogP contribution in [0, 0.1) is 0 Å². The topological polar surface area (TPSA) is 52.6 Å². The molecule has 0 aromatic heterocycles. The second kappa shape index (κ2) is 8.36. The van der Waals surface area contributed by atoms with Crippen LogP contribution >= 0.6 is 10.3 Å². The van der Waals surface area contributed by atoms with E-state index in [0.29, 0.717) is 16.5 Å². The van der Waals surface area contributed by atoms with Crippen molar-refractivity contribution in [2.45, 2.75) is 41.0 Å². The molecule has 1 aliphatic heterocycles. The molecule has 15 heteroatoms. The summed E-state index contributed by atoms with van der Waals surface area (Å²) in [6.07, 6.45) is -6.69. The summed E-state index contributed by atoms with van der Waals surface area (Å²) in [6, 6.07) is 8.81. The van der Waals surface area contributed by atoms with E-state index in [2.05, 4.69) is 3.63 Å². The van der Waals surface area contributed by atoms with Crippen molar-refractivity contribution in [1.82, 2.24) is 0 Å². The first-order valence-electron chi connectivity index (χ1n) is 9.44. The molecule has 1 fully saturated rings. The Balaban J connectivity index is 2.06. The number of halogens is 9.